The van der Waals surface area contributed by atoms with E-state index in [-0.39, 0.29) is 0 Å². The molecule has 0 aromatic heterocycles. The smallest absolute Gasteiger partial charge is 0.0396 e. The van der Waals surface area contributed by atoms with Gasteiger partial charge in [-0.25, -0.2) is 0 Å². The van der Waals surface area contributed by atoms with Crippen LogP contribution in [-0.2, 0) is 6.42 Å². The fourth-order valence-corrected chi connectivity index (χ4v) is 5.49. The zero-order valence-corrected chi connectivity index (χ0v) is 19.0. The van der Waals surface area contributed by atoms with Crippen LogP contribution >= 0.6 is 0 Å². The summed E-state index contributed by atoms with van der Waals surface area (Å²) in [6.07, 6.45) is 13.9. The second-order valence-electron chi connectivity index (χ2n) is 9.51. The van der Waals surface area contributed by atoms with E-state index in [1.807, 2.05) is 6.08 Å². The highest BCUT2D eigenvalue weighted by molar-refractivity contribution is 5.53. The second-order valence-corrected chi connectivity index (χ2v) is 9.51. The van der Waals surface area contributed by atoms with Crippen molar-refractivity contribution in [3.8, 4) is 0 Å². The predicted molar refractivity (Wildman–Crippen MR) is 128 cm³/mol. The van der Waals surface area contributed by atoms with Gasteiger partial charge in [0.2, 0.25) is 0 Å². The molecule has 0 amide bonds. The minimum Gasteiger partial charge on any atom is -0.374 e. The maximum absolute atomic E-state index is 4.14. The van der Waals surface area contributed by atoms with E-state index in [4.69, 9.17) is 0 Å². The molecule has 0 radical (unpaired) electrons. The Labute approximate surface area is 178 Å². The van der Waals surface area contributed by atoms with Gasteiger partial charge < -0.3 is 4.90 Å². The van der Waals surface area contributed by atoms with Gasteiger partial charge in [-0.05, 0) is 78.6 Å². The zero-order valence-electron chi connectivity index (χ0n) is 19.0. The van der Waals surface area contributed by atoms with Gasteiger partial charge in [0.1, 0.15) is 0 Å². The van der Waals surface area contributed by atoms with Gasteiger partial charge in [0.25, 0.3) is 0 Å². The van der Waals surface area contributed by atoms with Crippen molar-refractivity contribution in [2.75, 3.05) is 18.5 Å². The fraction of sp³-hybridized carbons (Fsp3) is 0.500. The molecule has 0 heterocycles. The normalized spacial score (nSPS) is 23.8. The number of fused-ring (bicyclic) bond motifs is 1. The van der Waals surface area contributed by atoms with E-state index in [0.717, 1.165) is 25.3 Å². The van der Waals surface area contributed by atoms with Crippen LogP contribution in [0.2, 0.25) is 0 Å². The van der Waals surface area contributed by atoms with Crippen LogP contribution in [-0.4, -0.2) is 13.6 Å². The molecular formula is C28H39N. The van der Waals surface area contributed by atoms with Gasteiger partial charge in [-0.2, -0.15) is 0 Å². The van der Waals surface area contributed by atoms with Crippen LogP contribution in [0.3, 0.4) is 0 Å². The van der Waals surface area contributed by atoms with E-state index in [9.17, 15) is 0 Å². The van der Waals surface area contributed by atoms with Crippen LogP contribution in [0.25, 0.3) is 0 Å². The highest BCUT2D eigenvalue weighted by atomic mass is 15.1. The number of allylic oxidation sites excluding steroid dienone is 5. The summed E-state index contributed by atoms with van der Waals surface area (Å²) < 4.78 is 0. The Morgan fingerprint density at radius 2 is 2.00 bits per heavy atom. The first-order valence-electron chi connectivity index (χ1n) is 11.4. The van der Waals surface area contributed by atoms with Crippen molar-refractivity contribution in [1.82, 2.24) is 0 Å². The number of para-hydroxylation sites is 1. The molecule has 0 aliphatic heterocycles. The summed E-state index contributed by atoms with van der Waals surface area (Å²) in [6, 6.07) is 8.95. The summed E-state index contributed by atoms with van der Waals surface area (Å²) in [5.41, 5.74) is 7.85. The van der Waals surface area contributed by atoms with Crippen LogP contribution in [0.5, 0.6) is 0 Å². The van der Waals surface area contributed by atoms with Crippen LogP contribution in [0.1, 0.15) is 58.4 Å². The molecule has 0 saturated heterocycles. The van der Waals surface area contributed by atoms with E-state index in [2.05, 4.69) is 82.3 Å². The van der Waals surface area contributed by atoms with Crippen molar-refractivity contribution >= 4 is 5.69 Å². The summed E-state index contributed by atoms with van der Waals surface area (Å²) in [6.45, 7) is 16.2. The predicted octanol–water partition coefficient (Wildman–Crippen LogP) is 7.52. The Kier molecular flexibility index (Phi) is 6.88. The molecule has 1 nitrogen and oxygen atoms in total. The highest BCUT2D eigenvalue weighted by Crippen LogP contribution is 2.56. The summed E-state index contributed by atoms with van der Waals surface area (Å²) in [7, 11) is 2.20. The van der Waals surface area contributed by atoms with Gasteiger partial charge in [0.05, 0.1) is 0 Å². The van der Waals surface area contributed by atoms with E-state index in [1.54, 1.807) is 5.57 Å². The molecule has 1 heteroatoms. The van der Waals surface area contributed by atoms with Crippen molar-refractivity contribution in [3.05, 3.63) is 77.9 Å². The maximum atomic E-state index is 4.14. The fourth-order valence-electron chi connectivity index (χ4n) is 5.49. The van der Waals surface area contributed by atoms with Gasteiger partial charge in [-0.1, -0.05) is 69.4 Å². The summed E-state index contributed by atoms with van der Waals surface area (Å²) in [5, 5.41) is 0. The Balaban J connectivity index is 1.75. The Morgan fingerprint density at radius 3 is 2.69 bits per heavy atom. The number of hydrogen-bond acceptors (Lipinski definition) is 1. The monoisotopic (exact) mass is 389 g/mol. The molecule has 0 bridgehead atoms. The summed E-state index contributed by atoms with van der Waals surface area (Å²) in [4.78, 5) is 2.38. The minimum atomic E-state index is 0.311. The molecule has 29 heavy (non-hydrogen) atoms. The summed E-state index contributed by atoms with van der Waals surface area (Å²) >= 11 is 0. The van der Waals surface area contributed by atoms with E-state index >= 15 is 0 Å². The van der Waals surface area contributed by atoms with Gasteiger partial charge in [-0.15, -0.1) is 6.58 Å². The zero-order chi connectivity index (χ0) is 21.0. The average Bonchev–Trinajstić information content (AvgIpc) is 3.04. The lowest BCUT2D eigenvalue weighted by molar-refractivity contribution is 0.255. The molecule has 0 N–H and O–H groups in total. The molecule has 0 spiro atoms. The van der Waals surface area contributed by atoms with E-state index in [1.165, 1.54) is 48.1 Å². The quantitative estimate of drug-likeness (QED) is 0.395. The SMILES string of the molecule is C=CCCN(C)c1ccccc1CCC1CCC2=CC(C(C)C)=C(C=C)CC21C. The third-order valence-electron chi connectivity index (χ3n) is 7.36. The first kappa shape index (κ1) is 21.7. The number of benzene rings is 1. The van der Waals surface area contributed by atoms with Crippen molar-refractivity contribution in [1.29, 1.82) is 0 Å². The highest BCUT2D eigenvalue weighted by Gasteiger charge is 2.44. The van der Waals surface area contributed by atoms with Crippen molar-refractivity contribution in [2.24, 2.45) is 17.3 Å². The third-order valence-corrected chi connectivity index (χ3v) is 7.36. The molecule has 1 fully saturated rings. The second kappa shape index (κ2) is 9.20. The van der Waals surface area contributed by atoms with Crippen molar-refractivity contribution in [2.45, 2.75) is 59.3 Å². The van der Waals surface area contributed by atoms with Crippen molar-refractivity contribution < 1.29 is 0 Å². The number of rotatable bonds is 9. The van der Waals surface area contributed by atoms with Crippen LogP contribution in [0.4, 0.5) is 5.69 Å². The number of aryl methyl sites for hydroxylation is 1. The molecule has 1 saturated carbocycles. The van der Waals surface area contributed by atoms with Gasteiger partial charge in [0.15, 0.2) is 0 Å². The summed E-state index contributed by atoms with van der Waals surface area (Å²) in [5.74, 6) is 1.33. The lowest BCUT2D eigenvalue weighted by atomic mass is 9.66. The van der Waals surface area contributed by atoms with Crippen LogP contribution < -0.4 is 4.90 Å². The van der Waals surface area contributed by atoms with Gasteiger partial charge in [0, 0.05) is 19.3 Å². The average molecular weight is 390 g/mol. The Morgan fingerprint density at radius 1 is 1.24 bits per heavy atom. The maximum Gasteiger partial charge on any atom is 0.0396 e. The Bertz CT molecular complexity index is 809. The van der Waals surface area contributed by atoms with Crippen molar-refractivity contribution in [3.63, 3.8) is 0 Å². The lowest BCUT2D eigenvalue weighted by Gasteiger charge is -2.38. The van der Waals surface area contributed by atoms with Crippen LogP contribution in [0, 0.1) is 17.3 Å². The van der Waals surface area contributed by atoms with Gasteiger partial charge in [-0.3, -0.25) is 0 Å². The minimum absolute atomic E-state index is 0.311. The molecule has 2 unspecified atom stereocenters. The molecule has 1 aromatic rings. The number of anilines is 1. The number of hydrogen-bond donors (Lipinski definition) is 0. The molecule has 1 aromatic carbocycles. The molecule has 2 aliphatic rings. The first-order chi connectivity index (χ1) is 13.9. The molecule has 156 valence electrons. The number of nitrogens with zero attached hydrogens (tertiary/aromatic N) is 1. The third kappa shape index (κ3) is 4.44. The topological polar surface area (TPSA) is 3.24 Å². The first-order valence-corrected chi connectivity index (χ1v) is 11.4. The molecule has 3 rings (SSSR count). The molecular weight excluding hydrogens is 350 g/mol. The lowest BCUT2D eigenvalue weighted by Crippen LogP contribution is -2.28. The van der Waals surface area contributed by atoms with E-state index in [0.29, 0.717) is 11.3 Å². The standard InChI is InChI=1S/C28H39N/c1-7-9-18-29(6)27-13-11-10-12-23(27)14-15-24-16-17-25-19-26(21(3)4)22(8-2)20-28(24,25)5/h7-8,10-13,19,21,24H,1-2,9,14-18,20H2,3-6H3. The molecule has 2 atom stereocenters. The molecule has 2 aliphatic carbocycles. The Hall–Kier alpha value is -2.02. The van der Waals surface area contributed by atoms with E-state index < -0.39 is 0 Å². The largest absolute Gasteiger partial charge is 0.374 e. The van der Waals surface area contributed by atoms with Crippen LogP contribution in [0.15, 0.2) is 72.4 Å². The van der Waals surface area contributed by atoms with Gasteiger partial charge >= 0.3 is 0 Å².